The maximum Gasteiger partial charge on any atom is 0.317 e. The van der Waals surface area contributed by atoms with Crippen molar-refractivity contribution in [1.29, 1.82) is 0 Å². The minimum Gasteiger partial charge on any atom is -0.396 e. The number of carbonyl (C=O) groups excluding carboxylic acids is 1. The van der Waals surface area contributed by atoms with Gasteiger partial charge in [0.2, 0.25) is 0 Å². The van der Waals surface area contributed by atoms with Crippen LogP contribution in [-0.4, -0.2) is 41.8 Å². The zero-order valence-corrected chi connectivity index (χ0v) is 10.7. The topological polar surface area (TPSA) is 52.6 Å². The van der Waals surface area contributed by atoms with E-state index >= 15 is 0 Å². The SMILES string of the molecule is CCCC1CC1NC(=O)N1CCC(CO)CC1. The van der Waals surface area contributed by atoms with Crippen LogP contribution in [0.2, 0.25) is 0 Å². The number of rotatable bonds is 4. The Kier molecular flexibility index (Phi) is 4.26. The van der Waals surface area contributed by atoms with Gasteiger partial charge in [0.1, 0.15) is 0 Å². The Hall–Kier alpha value is -0.770. The summed E-state index contributed by atoms with van der Waals surface area (Å²) in [7, 11) is 0. The number of hydrogen-bond donors (Lipinski definition) is 2. The molecule has 17 heavy (non-hydrogen) atoms. The van der Waals surface area contributed by atoms with Gasteiger partial charge in [-0.25, -0.2) is 4.79 Å². The first-order valence-corrected chi connectivity index (χ1v) is 6.91. The van der Waals surface area contributed by atoms with E-state index in [1.165, 1.54) is 12.8 Å². The highest BCUT2D eigenvalue weighted by atomic mass is 16.3. The Bertz CT molecular complexity index is 262. The maximum atomic E-state index is 11.9. The second-order valence-electron chi connectivity index (χ2n) is 5.45. The highest BCUT2D eigenvalue weighted by molar-refractivity contribution is 5.75. The summed E-state index contributed by atoms with van der Waals surface area (Å²) in [4.78, 5) is 13.8. The van der Waals surface area contributed by atoms with Crippen molar-refractivity contribution in [2.75, 3.05) is 19.7 Å². The van der Waals surface area contributed by atoms with E-state index in [0.29, 0.717) is 12.0 Å². The molecule has 1 heterocycles. The standard InChI is InChI=1S/C13H24N2O2/c1-2-3-11-8-12(11)14-13(17)15-6-4-10(9-16)5-7-15/h10-12,16H,2-9H2,1H3,(H,14,17). The molecule has 0 aromatic heterocycles. The third-order valence-electron chi connectivity index (χ3n) is 4.05. The lowest BCUT2D eigenvalue weighted by Gasteiger charge is -2.31. The van der Waals surface area contributed by atoms with Gasteiger partial charge in [0.05, 0.1) is 0 Å². The van der Waals surface area contributed by atoms with Crippen LogP contribution in [0.3, 0.4) is 0 Å². The molecular weight excluding hydrogens is 216 g/mol. The average Bonchev–Trinajstić information content (AvgIpc) is 3.08. The molecule has 0 radical (unpaired) electrons. The molecule has 4 heteroatoms. The third-order valence-corrected chi connectivity index (χ3v) is 4.05. The monoisotopic (exact) mass is 240 g/mol. The summed E-state index contributed by atoms with van der Waals surface area (Å²) in [6.07, 6.45) is 5.48. The molecule has 2 N–H and O–H groups in total. The van der Waals surface area contributed by atoms with Gasteiger partial charge in [0.15, 0.2) is 0 Å². The minimum atomic E-state index is 0.102. The van der Waals surface area contributed by atoms with Crippen LogP contribution in [0, 0.1) is 11.8 Å². The lowest BCUT2D eigenvalue weighted by atomic mass is 9.98. The molecule has 2 amide bonds. The lowest BCUT2D eigenvalue weighted by Crippen LogP contribution is -2.45. The van der Waals surface area contributed by atoms with Gasteiger partial charge in [-0.05, 0) is 37.5 Å². The summed E-state index contributed by atoms with van der Waals surface area (Å²) in [5, 5.41) is 12.2. The van der Waals surface area contributed by atoms with Crippen LogP contribution < -0.4 is 5.32 Å². The third kappa shape index (κ3) is 3.35. The number of piperidine rings is 1. The van der Waals surface area contributed by atoms with Crippen LogP contribution in [0.1, 0.15) is 39.0 Å². The smallest absolute Gasteiger partial charge is 0.317 e. The summed E-state index contributed by atoms with van der Waals surface area (Å²) in [6.45, 7) is 4.04. The molecule has 4 nitrogen and oxygen atoms in total. The van der Waals surface area contributed by atoms with Gasteiger partial charge in [0, 0.05) is 25.7 Å². The van der Waals surface area contributed by atoms with Crippen LogP contribution in [-0.2, 0) is 0 Å². The largest absolute Gasteiger partial charge is 0.396 e. The van der Waals surface area contributed by atoms with Crippen molar-refractivity contribution < 1.29 is 9.90 Å². The van der Waals surface area contributed by atoms with E-state index < -0.39 is 0 Å². The van der Waals surface area contributed by atoms with Crippen molar-refractivity contribution in [3.05, 3.63) is 0 Å². The van der Waals surface area contributed by atoms with Gasteiger partial charge in [0.25, 0.3) is 0 Å². The molecule has 1 saturated heterocycles. The fraction of sp³-hybridized carbons (Fsp3) is 0.923. The van der Waals surface area contributed by atoms with Crippen molar-refractivity contribution in [2.24, 2.45) is 11.8 Å². The Morgan fingerprint density at radius 2 is 2.12 bits per heavy atom. The second kappa shape index (κ2) is 5.71. The number of aliphatic hydroxyl groups is 1. The normalized spacial score (nSPS) is 29.2. The molecule has 98 valence electrons. The van der Waals surface area contributed by atoms with Crippen molar-refractivity contribution in [2.45, 2.75) is 45.1 Å². The van der Waals surface area contributed by atoms with E-state index in [1.54, 1.807) is 0 Å². The number of carbonyl (C=O) groups is 1. The molecule has 2 aliphatic rings. The summed E-state index contributed by atoms with van der Waals surface area (Å²) >= 11 is 0. The molecular formula is C13H24N2O2. The molecule has 1 aliphatic carbocycles. The van der Waals surface area contributed by atoms with Gasteiger partial charge in [-0.2, -0.15) is 0 Å². The molecule has 2 fully saturated rings. The number of urea groups is 1. The number of amides is 2. The Labute approximate surface area is 103 Å². The Morgan fingerprint density at radius 3 is 2.71 bits per heavy atom. The van der Waals surface area contributed by atoms with E-state index in [1.807, 2.05) is 4.90 Å². The highest BCUT2D eigenvalue weighted by Gasteiger charge is 2.38. The number of nitrogens with zero attached hydrogens (tertiary/aromatic N) is 1. The lowest BCUT2D eigenvalue weighted by molar-refractivity contribution is 0.137. The van der Waals surface area contributed by atoms with E-state index in [4.69, 9.17) is 5.11 Å². The van der Waals surface area contributed by atoms with E-state index in [-0.39, 0.29) is 12.6 Å². The van der Waals surface area contributed by atoms with E-state index in [9.17, 15) is 4.79 Å². The van der Waals surface area contributed by atoms with Crippen LogP contribution in [0.4, 0.5) is 4.79 Å². The molecule has 2 rings (SSSR count). The predicted molar refractivity (Wildman–Crippen MR) is 66.7 cm³/mol. The number of aliphatic hydroxyl groups excluding tert-OH is 1. The van der Waals surface area contributed by atoms with Gasteiger partial charge in [-0.1, -0.05) is 13.3 Å². The quantitative estimate of drug-likeness (QED) is 0.784. The fourth-order valence-corrected chi connectivity index (χ4v) is 2.68. The van der Waals surface area contributed by atoms with E-state index in [0.717, 1.165) is 38.3 Å². The molecule has 2 unspecified atom stereocenters. The first kappa shape index (κ1) is 12.7. The van der Waals surface area contributed by atoms with E-state index in [2.05, 4.69) is 12.2 Å². The maximum absolute atomic E-state index is 11.9. The Morgan fingerprint density at radius 1 is 1.41 bits per heavy atom. The van der Waals surface area contributed by atoms with Crippen molar-refractivity contribution in [3.63, 3.8) is 0 Å². The van der Waals surface area contributed by atoms with Crippen LogP contribution in [0.25, 0.3) is 0 Å². The van der Waals surface area contributed by atoms with Crippen molar-refractivity contribution in [3.8, 4) is 0 Å². The fourth-order valence-electron chi connectivity index (χ4n) is 2.68. The molecule has 0 aromatic rings. The van der Waals surface area contributed by atoms with Gasteiger partial charge >= 0.3 is 6.03 Å². The van der Waals surface area contributed by atoms with Gasteiger partial charge in [-0.15, -0.1) is 0 Å². The summed E-state index contributed by atoms with van der Waals surface area (Å²) < 4.78 is 0. The second-order valence-corrected chi connectivity index (χ2v) is 5.45. The summed E-state index contributed by atoms with van der Waals surface area (Å²) in [6, 6.07) is 0.531. The zero-order valence-electron chi connectivity index (χ0n) is 10.7. The van der Waals surface area contributed by atoms with Crippen molar-refractivity contribution in [1.82, 2.24) is 10.2 Å². The first-order chi connectivity index (χ1) is 8.24. The number of nitrogens with one attached hydrogen (secondary N) is 1. The predicted octanol–water partition coefficient (Wildman–Crippen LogP) is 1.59. The van der Waals surface area contributed by atoms with Crippen LogP contribution in [0.5, 0.6) is 0 Å². The molecule has 2 atom stereocenters. The molecule has 1 aliphatic heterocycles. The van der Waals surface area contributed by atoms with Crippen LogP contribution >= 0.6 is 0 Å². The van der Waals surface area contributed by atoms with Crippen LogP contribution in [0.15, 0.2) is 0 Å². The van der Waals surface area contributed by atoms with Gasteiger partial charge in [-0.3, -0.25) is 0 Å². The zero-order chi connectivity index (χ0) is 12.3. The Balaban J connectivity index is 1.67. The number of hydrogen-bond acceptors (Lipinski definition) is 2. The molecule has 0 bridgehead atoms. The first-order valence-electron chi connectivity index (χ1n) is 6.91. The molecule has 0 spiro atoms. The van der Waals surface area contributed by atoms with Gasteiger partial charge < -0.3 is 15.3 Å². The average molecular weight is 240 g/mol. The highest BCUT2D eigenvalue weighted by Crippen LogP contribution is 2.34. The molecule has 1 saturated carbocycles. The summed E-state index contributed by atoms with van der Waals surface area (Å²) in [5.41, 5.74) is 0. The summed E-state index contributed by atoms with van der Waals surface area (Å²) in [5.74, 6) is 1.12. The van der Waals surface area contributed by atoms with Crippen molar-refractivity contribution >= 4 is 6.03 Å². The molecule has 0 aromatic carbocycles. The minimum absolute atomic E-state index is 0.102. The number of likely N-dealkylation sites (tertiary alicyclic amines) is 1.